The summed E-state index contributed by atoms with van der Waals surface area (Å²) in [5, 5.41) is 0. The van der Waals surface area contributed by atoms with E-state index in [1.54, 1.807) is 0 Å². The molecular formula is C14H28. The van der Waals surface area contributed by atoms with Crippen molar-refractivity contribution >= 4 is 0 Å². The maximum Gasteiger partial charge on any atom is -0.0533 e. The topological polar surface area (TPSA) is 0 Å². The molecule has 3 saturated carbocycles. The summed E-state index contributed by atoms with van der Waals surface area (Å²) in [6, 6.07) is 0. The SMILES string of the molecule is C1CC1.C1CCCC1.C1CCCCC1. The van der Waals surface area contributed by atoms with Crippen LogP contribution in [0.2, 0.25) is 0 Å². The van der Waals surface area contributed by atoms with Gasteiger partial charge in [0.1, 0.15) is 0 Å². The van der Waals surface area contributed by atoms with Crippen molar-refractivity contribution in [2.75, 3.05) is 0 Å². The van der Waals surface area contributed by atoms with Gasteiger partial charge in [-0.05, 0) is 0 Å². The Kier molecular flexibility index (Phi) is 8.24. The molecule has 0 amide bonds. The number of rotatable bonds is 0. The van der Waals surface area contributed by atoms with Gasteiger partial charge in [-0.1, -0.05) is 89.9 Å². The highest BCUT2D eigenvalue weighted by Gasteiger charge is 1.96. The second-order valence-corrected chi connectivity index (χ2v) is 4.95. The normalized spacial score (nSPS) is 24.0. The lowest BCUT2D eigenvalue weighted by atomic mass is 10.0. The maximum absolute atomic E-state index is 1.50. The summed E-state index contributed by atoms with van der Waals surface area (Å²) in [5.74, 6) is 0. The van der Waals surface area contributed by atoms with E-state index >= 15 is 0 Å². The van der Waals surface area contributed by atoms with Crippen LogP contribution in [0.25, 0.3) is 0 Å². The molecule has 0 heterocycles. The Hall–Kier alpha value is 0. The minimum atomic E-state index is 1.50. The summed E-state index contributed by atoms with van der Waals surface area (Å²) in [5.41, 5.74) is 0. The van der Waals surface area contributed by atoms with Crippen molar-refractivity contribution in [3.05, 3.63) is 0 Å². The van der Waals surface area contributed by atoms with Crippen LogP contribution in [-0.4, -0.2) is 0 Å². The predicted octanol–water partition coefficient (Wildman–Crippen LogP) is 5.46. The lowest BCUT2D eigenvalue weighted by Crippen LogP contribution is -1.85. The zero-order valence-electron chi connectivity index (χ0n) is 9.90. The first kappa shape index (κ1) is 12.1. The molecule has 0 aliphatic heterocycles. The molecule has 14 heavy (non-hydrogen) atoms. The van der Waals surface area contributed by atoms with E-state index < -0.39 is 0 Å². The van der Waals surface area contributed by atoms with Crippen LogP contribution >= 0.6 is 0 Å². The van der Waals surface area contributed by atoms with E-state index in [-0.39, 0.29) is 0 Å². The van der Waals surface area contributed by atoms with Crippen molar-refractivity contribution in [3.63, 3.8) is 0 Å². The third kappa shape index (κ3) is 10.1. The van der Waals surface area contributed by atoms with E-state index in [2.05, 4.69) is 0 Å². The monoisotopic (exact) mass is 196 g/mol. The second-order valence-electron chi connectivity index (χ2n) is 4.95. The lowest BCUT2D eigenvalue weighted by Gasteiger charge is -2.05. The van der Waals surface area contributed by atoms with Crippen LogP contribution in [0.5, 0.6) is 0 Å². The Morgan fingerprint density at radius 1 is 0.143 bits per heavy atom. The van der Waals surface area contributed by atoms with Crippen LogP contribution in [0.15, 0.2) is 0 Å². The van der Waals surface area contributed by atoms with Crippen molar-refractivity contribution in [3.8, 4) is 0 Å². The van der Waals surface area contributed by atoms with Gasteiger partial charge in [-0.15, -0.1) is 0 Å². The molecule has 3 aliphatic carbocycles. The molecule has 0 aromatic carbocycles. The van der Waals surface area contributed by atoms with E-state index in [4.69, 9.17) is 0 Å². The fourth-order valence-electron chi connectivity index (χ4n) is 1.94. The maximum atomic E-state index is 1.50. The van der Waals surface area contributed by atoms with Gasteiger partial charge < -0.3 is 0 Å². The molecular weight excluding hydrogens is 168 g/mol. The smallest absolute Gasteiger partial charge is 0.0533 e. The summed E-state index contributed by atoms with van der Waals surface area (Å²) in [7, 11) is 0. The first-order valence-electron chi connectivity index (χ1n) is 7.00. The summed E-state index contributed by atoms with van der Waals surface area (Å²) in [6.45, 7) is 0. The van der Waals surface area contributed by atoms with E-state index in [9.17, 15) is 0 Å². The molecule has 0 atom stereocenters. The Balaban J connectivity index is 0.000000110. The van der Waals surface area contributed by atoms with Gasteiger partial charge in [-0.2, -0.15) is 0 Å². The van der Waals surface area contributed by atoms with Crippen molar-refractivity contribution in [2.45, 2.75) is 89.9 Å². The Morgan fingerprint density at radius 2 is 0.214 bits per heavy atom. The zero-order valence-corrected chi connectivity index (χ0v) is 9.90. The molecule has 0 aromatic rings. The first-order chi connectivity index (χ1) is 7.00. The van der Waals surface area contributed by atoms with E-state index in [1.165, 1.54) is 89.9 Å². The zero-order chi connectivity index (χ0) is 9.90. The van der Waals surface area contributed by atoms with Gasteiger partial charge >= 0.3 is 0 Å². The van der Waals surface area contributed by atoms with Gasteiger partial charge in [0.25, 0.3) is 0 Å². The number of hydrogen-bond acceptors (Lipinski definition) is 0. The molecule has 0 bridgehead atoms. The fraction of sp³-hybridized carbons (Fsp3) is 1.00. The van der Waals surface area contributed by atoms with Crippen molar-refractivity contribution in [2.24, 2.45) is 0 Å². The van der Waals surface area contributed by atoms with Gasteiger partial charge in [0.15, 0.2) is 0 Å². The predicted molar refractivity (Wildman–Crippen MR) is 64.6 cm³/mol. The van der Waals surface area contributed by atoms with Crippen LogP contribution in [0, 0.1) is 0 Å². The van der Waals surface area contributed by atoms with Crippen LogP contribution in [0.3, 0.4) is 0 Å². The van der Waals surface area contributed by atoms with Gasteiger partial charge in [0, 0.05) is 0 Å². The quantitative estimate of drug-likeness (QED) is 0.482. The molecule has 0 saturated heterocycles. The average molecular weight is 196 g/mol. The van der Waals surface area contributed by atoms with Crippen LogP contribution < -0.4 is 0 Å². The van der Waals surface area contributed by atoms with Gasteiger partial charge in [-0.3, -0.25) is 0 Å². The van der Waals surface area contributed by atoms with Gasteiger partial charge in [0.05, 0.1) is 0 Å². The Morgan fingerprint density at radius 3 is 0.286 bits per heavy atom. The van der Waals surface area contributed by atoms with Crippen LogP contribution in [0.1, 0.15) is 89.9 Å². The third-order valence-corrected chi connectivity index (χ3v) is 3.10. The van der Waals surface area contributed by atoms with Gasteiger partial charge in [0.2, 0.25) is 0 Å². The lowest BCUT2D eigenvalue weighted by molar-refractivity contribution is 0.504. The standard InChI is InChI=1S/C6H12.C5H10.C3H6/c1-2-4-6-5-3-1;1-2-4-5-3-1;1-2-3-1/h1-6H2;1-5H2;1-3H2. The van der Waals surface area contributed by atoms with E-state index in [1.807, 2.05) is 0 Å². The summed E-state index contributed by atoms with van der Waals surface area (Å²) >= 11 is 0. The minimum Gasteiger partial charge on any atom is -0.0533 e. The van der Waals surface area contributed by atoms with Crippen molar-refractivity contribution in [1.29, 1.82) is 0 Å². The molecule has 0 spiro atoms. The molecule has 0 N–H and O–H groups in total. The molecule has 3 aliphatic rings. The van der Waals surface area contributed by atoms with Crippen molar-refractivity contribution < 1.29 is 0 Å². The Bertz CT molecular complexity index is 74.7. The first-order valence-corrected chi connectivity index (χ1v) is 7.00. The van der Waals surface area contributed by atoms with Crippen LogP contribution in [0.4, 0.5) is 0 Å². The summed E-state index contributed by atoms with van der Waals surface area (Å²) in [6.07, 6.45) is 21.0. The molecule has 3 rings (SSSR count). The number of hydrogen-bond donors (Lipinski definition) is 0. The van der Waals surface area contributed by atoms with Crippen LogP contribution in [-0.2, 0) is 0 Å². The largest absolute Gasteiger partial charge is 0.0533 e. The van der Waals surface area contributed by atoms with Gasteiger partial charge in [-0.25, -0.2) is 0 Å². The third-order valence-electron chi connectivity index (χ3n) is 3.10. The Labute approximate surface area is 90.5 Å². The van der Waals surface area contributed by atoms with Crippen molar-refractivity contribution in [1.82, 2.24) is 0 Å². The highest BCUT2D eigenvalue weighted by molar-refractivity contribution is 4.51. The highest BCUT2D eigenvalue weighted by Crippen LogP contribution is 2.16. The summed E-state index contributed by atoms with van der Waals surface area (Å²) in [4.78, 5) is 0. The average Bonchev–Trinajstić information content (AvgIpc) is 3.04. The molecule has 3 fully saturated rings. The minimum absolute atomic E-state index is 1.50. The molecule has 0 radical (unpaired) electrons. The highest BCUT2D eigenvalue weighted by atomic mass is 14.0. The molecule has 0 unspecified atom stereocenters. The molecule has 84 valence electrons. The fourth-order valence-corrected chi connectivity index (χ4v) is 1.94. The summed E-state index contributed by atoms with van der Waals surface area (Å²) < 4.78 is 0. The molecule has 0 heteroatoms. The van der Waals surface area contributed by atoms with E-state index in [0.29, 0.717) is 0 Å². The second kappa shape index (κ2) is 9.55. The molecule has 0 nitrogen and oxygen atoms in total. The van der Waals surface area contributed by atoms with E-state index in [0.717, 1.165) is 0 Å². The molecule has 0 aromatic heterocycles.